The van der Waals surface area contributed by atoms with E-state index >= 15 is 0 Å². The van der Waals surface area contributed by atoms with Crippen LogP contribution < -0.4 is 9.47 Å². The van der Waals surface area contributed by atoms with Crippen LogP contribution in [0.2, 0.25) is 0 Å². The van der Waals surface area contributed by atoms with Gasteiger partial charge in [-0.2, -0.15) is 0 Å². The second-order valence-electron chi connectivity index (χ2n) is 2.67. The fraction of sp³-hybridized carbons (Fsp3) is 0. The van der Waals surface area contributed by atoms with E-state index in [4.69, 9.17) is 15.3 Å². The van der Waals surface area contributed by atoms with E-state index in [0.717, 1.165) is 12.1 Å². The molecule has 0 aliphatic carbocycles. The second-order valence-corrected chi connectivity index (χ2v) is 2.67. The summed E-state index contributed by atoms with van der Waals surface area (Å²) in [4.78, 5) is 31.4. The Morgan fingerprint density at radius 3 is 2.00 bits per heavy atom. The minimum Gasteiger partial charge on any atom is -0.478 e. The third-order valence-electron chi connectivity index (χ3n) is 1.60. The van der Waals surface area contributed by atoms with Crippen molar-refractivity contribution in [1.82, 2.24) is 0 Å². The van der Waals surface area contributed by atoms with Gasteiger partial charge in [0, 0.05) is 0 Å². The van der Waals surface area contributed by atoms with Crippen LogP contribution in [0.25, 0.3) is 0 Å². The third-order valence-corrected chi connectivity index (χ3v) is 1.60. The van der Waals surface area contributed by atoms with Crippen molar-refractivity contribution in [3.05, 3.63) is 23.8 Å². The minimum atomic E-state index is -1.78. The monoisotopic (exact) mass is 242 g/mol. The highest BCUT2D eigenvalue weighted by atomic mass is 16.7. The molecule has 0 aliphatic rings. The average Bonchev–Trinajstić information content (AvgIpc) is 2.18. The number of aromatic carboxylic acids is 1. The van der Waals surface area contributed by atoms with Gasteiger partial charge in [0.25, 0.3) is 0 Å². The second kappa shape index (κ2) is 4.84. The van der Waals surface area contributed by atoms with Crippen LogP contribution in [0.3, 0.4) is 0 Å². The van der Waals surface area contributed by atoms with Crippen molar-refractivity contribution in [2.45, 2.75) is 0 Å². The Kier molecular flexibility index (Phi) is 3.50. The number of para-hydroxylation sites is 1. The van der Waals surface area contributed by atoms with E-state index in [9.17, 15) is 14.4 Å². The van der Waals surface area contributed by atoms with E-state index in [1.54, 1.807) is 0 Å². The van der Waals surface area contributed by atoms with E-state index < -0.39 is 35.3 Å². The summed E-state index contributed by atoms with van der Waals surface area (Å²) in [7, 11) is 0. The summed E-state index contributed by atoms with van der Waals surface area (Å²) in [6.45, 7) is 0. The highest BCUT2D eigenvalue weighted by Gasteiger charge is 2.20. The van der Waals surface area contributed by atoms with Crippen LogP contribution in [0.15, 0.2) is 18.2 Å². The number of ether oxygens (including phenoxy) is 2. The molecule has 0 radical (unpaired) electrons. The van der Waals surface area contributed by atoms with Crippen molar-refractivity contribution in [3.8, 4) is 11.5 Å². The van der Waals surface area contributed by atoms with Crippen LogP contribution in [0, 0.1) is 0 Å². The molecule has 1 aromatic rings. The highest BCUT2D eigenvalue weighted by Crippen LogP contribution is 2.31. The van der Waals surface area contributed by atoms with E-state index in [0.29, 0.717) is 0 Å². The first kappa shape index (κ1) is 12.3. The van der Waals surface area contributed by atoms with Crippen molar-refractivity contribution in [2.24, 2.45) is 0 Å². The Morgan fingerprint density at radius 2 is 1.53 bits per heavy atom. The minimum absolute atomic E-state index is 0.514. The first-order chi connectivity index (χ1) is 7.91. The zero-order valence-electron chi connectivity index (χ0n) is 8.11. The van der Waals surface area contributed by atoms with Gasteiger partial charge in [-0.15, -0.1) is 0 Å². The molecule has 0 saturated carbocycles. The molecular weight excluding hydrogens is 236 g/mol. The Labute approximate surface area is 93.6 Å². The fourth-order valence-corrected chi connectivity index (χ4v) is 1.05. The van der Waals surface area contributed by atoms with Crippen LogP contribution in [-0.4, -0.2) is 33.6 Å². The lowest BCUT2D eigenvalue weighted by molar-refractivity contribution is 0.0691. The maximum absolute atomic E-state index is 10.8. The van der Waals surface area contributed by atoms with Gasteiger partial charge in [-0.25, -0.2) is 14.4 Å². The molecule has 3 N–H and O–H groups in total. The van der Waals surface area contributed by atoms with Gasteiger partial charge in [-0.1, -0.05) is 6.07 Å². The largest absolute Gasteiger partial charge is 0.511 e. The summed E-state index contributed by atoms with van der Waals surface area (Å²) >= 11 is 0. The number of hydrogen-bond acceptors (Lipinski definition) is 5. The van der Waals surface area contributed by atoms with Crippen molar-refractivity contribution in [1.29, 1.82) is 0 Å². The Bertz CT molecular complexity index is 478. The summed E-state index contributed by atoms with van der Waals surface area (Å²) in [5.74, 6) is -2.67. The van der Waals surface area contributed by atoms with Gasteiger partial charge in [-0.3, -0.25) is 0 Å². The Balaban J connectivity index is 3.28. The Morgan fingerprint density at radius 1 is 0.941 bits per heavy atom. The molecule has 17 heavy (non-hydrogen) atoms. The lowest BCUT2D eigenvalue weighted by Gasteiger charge is -2.08. The quantitative estimate of drug-likeness (QED) is 0.536. The zero-order chi connectivity index (χ0) is 13.0. The summed E-state index contributed by atoms with van der Waals surface area (Å²) in [5, 5.41) is 25.6. The highest BCUT2D eigenvalue weighted by molar-refractivity contribution is 5.93. The molecule has 8 heteroatoms. The molecule has 0 aliphatic heterocycles. The summed E-state index contributed by atoms with van der Waals surface area (Å²) < 4.78 is 8.39. The molecule has 0 bridgehead atoms. The van der Waals surface area contributed by atoms with Gasteiger partial charge >= 0.3 is 18.3 Å². The predicted octanol–water partition coefficient (Wildman–Crippen LogP) is 1.50. The van der Waals surface area contributed by atoms with Crippen LogP contribution >= 0.6 is 0 Å². The number of carboxylic acid groups (broad SMARTS) is 3. The molecule has 8 nitrogen and oxygen atoms in total. The molecule has 0 heterocycles. The topological polar surface area (TPSA) is 130 Å². The number of carboxylic acids is 1. The number of rotatable bonds is 3. The smallest absolute Gasteiger partial charge is 0.478 e. The van der Waals surface area contributed by atoms with Gasteiger partial charge in [0.2, 0.25) is 0 Å². The summed E-state index contributed by atoms with van der Waals surface area (Å²) in [5.41, 5.74) is -0.522. The molecule has 0 amide bonds. The maximum atomic E-state index is 10.8. The van der Waals surface area contributed by atoms with Crippen molar-refractivity contribution < 1.29 is 39.2 Å². The molecule has 1 aromatic carbocycles. The lowest BCUT2D eigenvalue weighted by atomic mass is 10.2. The molecular formula is C9H6O8. The average molecular weight is 242 g/mol. The first-order valence-electron chi connectivity index (χ1n) is 4.09. The molecule has 90 valence electrons. The SMILES string of the molecule is O=C(O)Oc1cccc(C(=O)O)c1OC(=O)O. The Hall–Kier alpha value is -2.77. The van der Waals surface area contributed by atoms with Crippen LogP contribution in [0.5, 0.6) is 11.5 Å². The van der Waals surface area contributed by atoms with Crippen molar-refractivity contribution in [3.63, 3.8) is 0 Å². The first-order valence-corrected chi connectivity index (χ1v) is 4.09. The fourth-order valence-electron chi connectivity index (χ4n) is 1.05. The van der Waals surface area contributed by atoms with Crippen molar-refractivity contribution >= 4 is 18.3 Å². The number of hydrogen-bond donors (Lipinski definition) is 3. The molecule has 0 spiro atoms. The van der Waals surface area contributed by atoms with E-state index in [1.165, 1.54) is 6.07 Å². The molecule has 0 aromatic heterocycles. The maximum Gasteiger partial charge on any atom is 0.511 e. The molecule has 0 saturated heterocycles. The normalized spacial score (nSPS) is 9.41. The van der Waals surface area contributed by atoms with Crippen LogP contribution in [-0.2, 0) is 0 Å². The van der Waals surface area contributed by atoms with Crippen LogP contribution in [0.1, 0.15) is 10.4 Å². The van der Waals surface area contributed by atoms with Crippen molar-refractivity contribution in [2.75, 3.05) is 0 Å². The van der Waals surface area contributed by atoms with Gasteiger partial charge in [0.15, 0.2) is 11.5 Å². The molecule has 0 atom stereocenters. The third kappa shape index (κ3) is 3.09. The molecule has 0 unspecified atom stereocenters. The molecule has 0 fully saturated rings. The van der Waals surface area contributed by atoms with Gasteiger partial charge in [0.05, 0.1) is 0 Å². The summed E-state index contributed by atoms with van der Waals surface area (Å²) in [6, 6.07) is 3.31. The lowest BCUT2D eigenvalue weighted by Crippen LogP contribution is -2.12. The standard InChI is InChI=1S/C9H6O8/c10-7(11)4-2-1-3-5(16-8(12)13)6(4)17-9(14)15/h1-3H,(H,10,11)(H,12,13)(H,14,15). The van der Waals surface area contributed by atoms with E-state index in [-0.39, 0.29) is 0 Å². The van der Waals surface area contributed by atoms with Gasteiger partial charge < -0.3 is 24.8 Å². The van der Waals surface area contributed by atoms with E-state index in [2.05, 4.69) is 9.47 Å². The van der Waals surface area contributed by atoms with Gasteiger partial charge in [0.1, 0.15) is 5.56 Å². The number of carbonyl (C=O) groups is 3. The van der Waals surface area contributed by atoms with Crippen LogP contribution in [0.4, 0.5) is 9.59 Å². The zero-order valence-corrected chi connectivity index (χ0v) is 8.11. The van der Waals surface area contributed by atoms with Gasteiger partial charge in [-0.05, 0) is 12.1 Å². The summed E-state index contributed by atoms with van der Waals surface area (Å²) in [6.07, 6.45) is -3.50. The molecule has 1 rings (SSSR count). The number of benzene rings is 1. The predicted molar refractivity (Wildman–Crippen MR) is 50.7 cm³/mol. The van der Waals surface area contributed by atoms with E-state index in [1.807, 2.05) is 0 Å².